The Balaban J connectivity index is 1.33. The highest BCUT2D eigenvalue weighted by Crippen LogP contribution is 2.55. The second-order valence-electron chi connectivity index (χ2n) is 11.3. The number of likely N-dealkylation sites (N-methyl/N-ethyl adjacent to an activating group) is 1. The number of likely N-dealkylation sites (tertiary alicyclic amines) is 1. The Morgan fingerprint density at radius 3 is 2.62 bits per heavy atom. The molecule has 0 aliphatic carbocycles. The van der Waals surface area contributed by atoms with Crippen LogP contribution >= 0.6 is 15.9 Å². The Morgan fingerprint density at radius 2 is 1.88 bits per heavy atom. The van der Waals surface area contributed by atoms with Crippen LogP contribution in [0.3, 0.4) is 0 Å². The summed E-state index contributed by atoms with van der Waals surface area (Å²) in [6.45, 7) is 2.71. The molecule has 3 N–H and O–H groups in total. The number of anilines is 1. The second kappa shape index (κ2) is 10.9. The number of ketones is 1. The number of Topliss-reactive ketones (excluding diaryl/α,β-unsaturated/α-hetero) is 1. The topological polar surface area (TPSA) is 118 Å². The molecule has 2 aromatic carbocycles. The van der Waals surface area contributed by atoms with Crippen LogP contribution in [0.15, 0.2) is 53.0 Å². The molecule has 9 atom stereocenters. The van der Waals surface area contributed by atoms with Crippen LogP contribution in [0.5, 0.6) is 0 Å². The molecule has 4 heterocycles. The zero-order valence-electron chi connectivity index (χ0n) is 22.5. The van der Waals surface area contributed by atoms with Crippen LogP contribution in [-0.2, 0) is 29.3 Å². The van der Waals surface area contributed by atoms with Crippen molar-refractivity contribution in [3.05, 3.63) is 64.1 Å². The number of benzene rings is 2. The largest absolute Gasteiger partial charge is 0.388 e. The molecule has 0 radical (unpaired) electrons. The summed E-state index contributed by atoms with van der Waals surface area (Å²) >= 11 is 3.49. The molecule has 3 saturated heterocycles. The van der Waals surface area contributed by atoms with Crippen LogP contribution in [0, 0.1) is 5.92 Å². The van der Waals surface area contributed by atoms with Crippen molar-refractivity contribution in [3.8, 4) is 0 Å². The number of carbonyl (C=O) groups is 2. The van der Waals surface area contributed by atoms with E-state index in [2.05, 4.69) is 21.2 Å². The third kappa shape index (κ3) is 4.45. The number of halogens is 1. The maximum absolute atomic E-state index is 14.4. The van der Waals surface area contributed by atoms with E-state index in [1.54, 1.807) is 0 Å². The van der Waals surface area contributed by atoms with Gasteiger partial charge in [0.1, 0.15) is 35.7 Å². The first-order valence-electron chi connectivity index (χ1n) is 13.9. The molecular weight excluding hydrogens is 580 g/mol. The van der Waals surface area contributed by atoms with Gasteiger partial charge in [-0.05, 0) is 37.2 Å². The molecule has 10 heteroatoms. The number of amides is 1. The third-order valence-corrected chi connectivity index (χ3v) is 9.50. The Labute approximate surface area is 241 Å². The van der Waals surface area contributed by atoms with Crippen molar-refractivity contribution in [2.75, 3.05) is 25.5 Å². The second-order valence-corrected chi connectivity index (χ2v) is 12.2. The normalized spacial score (nSPS) is 37.3. The van der Waals surface area contributed by atoms with Gasteiger partial charge in [-0.3, -0.25) is 14.5 Å². The number of hydrogen-bond acceptors (Lipinski definition) is 8. The van der Waals surface area contributed by atoms with Crippen molar-refractivity contribution in [1.82, 2.24) is 4.90 Å². The predicted octanol–water partition coefficient (Wildman–Crippen LogP) is 2.93. The molecule has 0 saturated carbocycles. The van der Waals surface area contributed by atoms with E-state index in [0.717, 1.165) is 22.0 Å². The van der Waals surface area contributed by atoms with Crippen molar-refractivity contribution in [3.63, 3.8) is 0 Å². The van der Waals surface area contributed by atoms with Gasteiger partial charge in [0.25, 0.3) is 0 Å². The van der Waals surface area contributed by atoms with Crippen LogP contribution in [0.4, 0.5) is 5.69 Å². The Morgan fingerprint density at radius 1 is 1.12 bits per heavy atom. The molecule has 3 fully saturated rings. The van der Waals surface area contributed by atoms with Gasteiger partial charge in [0.05, 0.1) is 18.6 Å². The van der Waals surface area contributed by atoms with Crippen molar-refractivity contribution >= 4 is 33.3 Å². The van der Waals surface area contributed by atoms with Gasteiger partial charge in [0, 0.05) is 34.6 Å². The molecule has 0 bridgehead atoms. The Hall–Kier alpha value is -2.18. The van der Waals surface area contributed by atoms with E-state index in [9.17, 15) is 19.8 Å². The highest BCUT2D eigenvalue weighted by atomic mass is 79.9. The lowest BCUT2D eigenvalue weighted by Crippen LogP contribution is -2.63. The van der Waals surface area contributed by atoms with E-state index < -0.39 is 48.3 Å². The van der Waals surface area contributed by atoms with Crippen LogP contribution in [0.25, 0.3) is 0 Å². The number of aliphatic hydroxyl groups is 2. The molecule has 1 spiro atoms. The van der Waals surface area contributed by atoms with Gasteiger partial charge in [-0.1, -0.05) is 59.6 Å². The molecule has 214 valence electrons. The van der Waals surface area contributed by atoms with Crippen LogP contribution in [0.1, 0.15) is 43.2 Å². The quantitative estimate of drug-likeness (QED) is 0.455. The van der Waals surface area contributed by atoms with Gasteiger partial charge in [0.15, 0.2) is 6.29 Å². The van der Waals surface area contributed by atoms with Crippen molar-refractivity contribution in [2.24, 2.45) is 5.92 Å². The summed E-state index contributed by atoms with van der Waals surface area (Å²) in [5, 5.41) is 25.1. The van der Waals surface area contributed by atoms with E-state index in [0.29, 0.717) is 18.7 Å². The summed E-state index contributed by atoms with van der Waals surface area (Å²) in [4.78, 5) is 30.2. The number of para-hydroxylation sites is 1. The minimum absolute atomic E-state index is 0.164. The zero-order chi connectivity index (χ0) is 28.2. The van der Waals surface area contributed by atoms with Gasteiger partial charge in [-0.2, -0.15) is 0 Å². The number of hydrogen-bond donors (Lipinski definition) is 3. The maximum Gasteiger partial charge on any atom is 0.250 e. The third-order valence-electron chi connectivity index (χ3n) is 8.97. The first kappa shape index (κ1) is 28.0. The first-order valence-corrected chi connectivity index (χ1v) is 14.7. The van der Waals surface area contributed by atoms with Gasteiger partial charge in [0.2, 0.25) is 5.91 Å². The van der Waals surface area contributed by atoms with E-state index in [1.165, 1.54) is 0 Å². The van der Waals surface area contributed by atoms with Crippen LogP contribution in [0.2, 0.25) is 0 Å². The minimum Gasteiger partial charge on any atom is -0.388 e. The molecule has 1 unspecified atom stereocenters. The highest BCUT2D eigenvalue weighted by Gasteiger charge is 2.64. The lowest BCUT2D eigenvalue weighted by atomic mass is 9.70. The van der Waals surface area contributed by atoms with Gasteiger partial charge >= 0.3 is 0 Å². The van der Waals surface area contributed by atoms with Crippen molar-refractivity contribution in [1.29, 1.82) is 0 Å². The standard InChI is InChI=1S/C30H35BrN2O7/c1-3-6-24-38-15-23-28(40-24)27(36)26(35)22(39-23)13-21(34)25-18(16-9-11-17(31)12-10-16)14-33(2)30(25)19-7-4-5-8-20(19)32-29(30)37/h4-5,7-12,18,22-28,35-36H,3,6,13-15H2,1-2H3,(H,32,37)/t18-,22+,23-,24?,25+,26+,27-,28-,30-/m1/s1. The average Bonchev–Trinajstić information content (AvgIpc) is 3.42. The summed E-state index contributed by atoms with van der Waals surface area (Å²) in [7, 11) is 1.88. The fraction of sp³-hybridized carbons (Fsp3) is 0.533. The Kier molecular flexibility index (Phi) is 7.62. The van der Waals surface area contributed by atoms with Gasteiger partial charge in [-0.15, -0.1) is 0 Å². The number of ether oxygens (including phenoxy) is 3. The highest BCUT2D eigenvalue weighted by molar-refractivity contribution is 9.10. The number of aliphatic hydroxyl groups excluding tert-OH is 2. The average molecular weight is 616 g/mol. The number of carbonyl (C=O) groups excluding carboxylic acids is 2. The van der Waals surface area contributed by atoms with E-state index in [1.807, 2.05) is 67.4 Å². The van der Waals surface area contributed by atoms with Gasteiger partial charge in [-0.25, -0.2) is 0 Å². The lowest BCUT2D eigenvalue weighted by Gasteiger charge is -2.47. The molecule has 40 heavy (non-hydrogen) atoms. The van der Waals surface area contributed by atoms with Crippen molar-refractivity contribution in [2.45, 2.75) is 74.5 Å². The fourth-order valence-corrected chi connectivity index (χ4v) is 7.37. The van der Waals surface area contributed by atoms with Crippen LogP contribution < -0.4 is 5.32 Å². The number of nitrogens with zero attached hydrogens (tertiary/aromatic N) is 1. The molecule has 2 aromatic rings. The summed E-state index contributed by atoms with van der Waals surface area (Å²) in [6, 6.07) is 15.3. The number of nitrogens with one attached hydrogen (secondary N) is 1. The van der Waals surface area contributed by atoms with E-state index in [-0.39, 0.29) is 30.6 Å². The smallest absolute Gasteiger partial charge is 0.250 e. The minimum atomic E-state index is -1.32. The molecule has 9 nitrogen and oxygen atoms in total. The zero-order valence-corrected chi connectivity index (χ0v) is 24.1. The van der Waals surface area contributed by atoms with E-state index >= 15 is 0 Å². The number of fused-ring (bicyclic) bond motifs is 3. The molecule has 6 rings (SSSR count). The maximum atomic E-state index is 14.4. The lowest BCUT2D eigenvalue weighted by molar-refractivity contribution is -0.325. The van der Waals surface area contributed by atoms with Crippen molar-refractivity contribution < 1.29 is 34.0 Å². The summed E-state index contributed by atoms with van der Waals surface area (Å²) in [5.74, 6) is -1.48. The van der Waals surface area contributed by atoms with E-state index in [4.69, 9.17) is 14.2 Å². The summed E-state index contributed by atoms with van der Waals surface area (Å²) in [5.41, 5.74) is 1.20. The molecular formula is C30H35BrN2O7. The molecule has 0 aromatic heterocycles. The monoisotopic (exact) mass is 614 g/mol. The Bertz CT molecular complexity index is 1270. The predicted molar refractivity (Wildman–Crippen MR) is 150 cm³/mol. The SMILES string of the molecule is CCCC1OC[C@H]2O[C@@H](CC(=O)[C@@H]3[C@@H](c4ccc(Br)cc4)CN(C)[C@@]34C(=O)Nc3ccccc34)[C@H](O)[C@@H](O)[C@@H]2O1. The summed E-state index contributed by atoms with van der Waals surface area (Å²) in [6.07, 6.45) is -3.96. The fourth-order valence-electron chi connectivity index (χ4n) is 7.11. The molecule has 1 amide bonds. The summed E-state index contributed by atoms with van der Waals surface area (Å²) < 4.78 is 18.7. The molecule has 4 aliphatic rings. The molecule has 4 aliphatic heterocycles. The van der Waals surface area contributed by atoms with Crippen LogP contribution in [-0.4, -0.2) is 83.8 Å². The number of rotatable bonds is 6. The first-order chi connectivity index (χ1) is 19.2. The van der Waals surface area contributed by atoms with Gasteiger partial charge < -0.3 is 29.7 Å².